The minimum atomic E-state index is -0.181. The van der Waals surface area contributed by atoms with Crippen molar-refractivity contribution in [2.45, 2.75) is 64.7 Å². The van der Waals surface area contributed by atoms with Crippen LogP contribution in [0.1, 0.15) is 64.7 Å². The van der Waals surface area contributed by atoms with Crippen molar-refractivity contribution in [3.05, 3.63) is 0 Å². The van der Waals surface area contributed by atoms with Crippen molar-refractivity contribution < 1.29 is 9.53 Å². The van der Waals surface area contributed by atoms with Crippen LogP contribution in [0.2, 0.25) is 0 Å². The molecule has 0 aromatic heterocycles. The molecular weight excluding hydrogens is 238 g/mol. The Balaban J connectivity index is 1.83. The van der Waals surface area contributed by atoms with E-state index in [0.717, 1.165) is 38.3 Å². The lowest BCUT2D eigenvalue weighted by Crippen LogP contribution is -2.43. The van der Waals surface area contributed by atoms with Gasteiger partial charge < -0.3 is 10.1 Å². The average Bonchev–Trinajstić information content (AvgIpc) is 2.93. The van der Waals surface area contributed by atoms with Crippen molar-refractivity contribution >= 4 is 5.97 Å². The van der Waals surface area contributed by atoms with Crippen LogP contribution in [0.5, 0.6) is 0 Å². The summed E-state index contributed by atoms with van der Waals surface area (Å²) >= 11 is 0. The molecule has 2 fully saturated rings. The molecule has 1 saturated carbocycles. The van der Waals surface area contributed by atoms with Crippen LogP contribution in [0.4, 0.5) is 0 Å². The molecule has 0 aromatic rings. The van der Waals surface area contributed by atoms with E-state index >= 15 is 0 Å². The standard InChI is InChI=1S/C16H29NO2/c1-2-19-15(18)16(10-12-17-13-11-16)9-5-8-14-6-3-4-7-14/h14,17H,2-13H2,1H3. The number of carbonyl (C=O) groups excluding carboxylic acids is 1. The van der Waals surface area contributed by atoms with Gasteiger partial charge in [-0.1, -0.05) is 38.5 Å². The minimum absolute atomic E-state index is 0.0583. The van der Waals surface area contributed by atoms with Gasteiger partial charge >= 0.3 is 5.97 Å². The van der Waals surface area contributed by atoms with Crippen molar-refractivity contribution in [3.63, 3.8) is 0 Å². The highest BCUT2D eigenvalue weighted by Crippen LogP contribution is 2.38. The Kier molecular flexibility index (Phi) is 5.68. The van der Waals surface area contributed by atoms with Crippen LogP contribution in [0, 0.1) is 11.3 Å². The fourth-order valence-electron chi connectivity index (χ4n) is 3.77. The minimum Gasteiger partial charge on any atom is -0.466 e. The molecule has 1 N–H and O–H groups in total. The molecule has 0 unspecified atom stereocenters. The summed E-state index contributed by atoms with van der Waals surface area (Å²) in [4.78, 5) is 12.3. The van der Waals surface area contributed by atoms with E-state index in [4.69, 9.17) is 4.74 Å². The molecule has 3 heteroatoms. The van der Waals surface area contributed by atoms with E-state index in [1.165, 1.54) is 38.5 Å². The first-order valence-corrected chi connectivity index (χ1v) is 8.15. The highest BCUT2D eigenvalue weighted by Gasteiger charge is 2.40. The molecular formula is C16H29NO2. The molecule has 1 heterocycles. The number of rotatable bonds is 6. The lowest BCUT2D eigenvalue weighted by Gasteiger charge is -2.35. The number of esters is 1. The second kappa shape index (κ2) is 7.28. The quantitative estimate of drug-likeness (QED) is 0.751. The number of nitrogens with one attached hydrogen (secondary N) is 1. The monoisotopic (exact) mass is 267 g/mol. The Hall–Kier alpha value is -0.570. The van der Waals surface area contributed by atoms with Crippen LogP contribution in [0.3, 0.4) is 0 Å². The second-order valence-electron chi connectivity index (χ2n) is 6.29. The first-order chi connectivity index (χ1) is 9.27. The molecule has 0 spiro atoms. The number of piperidine rings is 1. The zero-order chi connectivity index (χ0) is 13.6. The Morgan fingerprint density at radius 3 is 2.58 bits per heavy atom. The highest BCUT2D eigenvalue weighted by atomic mass is 16.5. The first kappa shape index (κ1) is 14.8. The van der Waals surface area contributed by atoms with Gasteiger partial charge in [0.15, 0.2) is 0 Å². The molecule has 2 rings (SSSR count). The molecule has 0 atom stereocenters. The molecule has 1 aliphatic heterocycles. The van der Waals surface area contributed by atoms with Gasteiger partial charge in [0.25, 0.3) is 0 Å². The molecule has 19 heavy (non-hydrogen) atoms. The van der Waals surface area contributed by atoms with E-state index < -0.39 is 0 Å². The molecule has 1 saturated heterocycles. The van der Waals surface area contributed by atoms with Gasteiger partial charge in [-0.15, -0.1) is 0 Å². The first-order valence-electron chi connectivity index (χ1n) is 8.15. The normalized spacial score (nSPS) is 23.4. The predicted molar refractivity (Wildman–Crippen MR) is 77.0 cm³/mol. The molecule has 0 amide bonds. The van der Waals surface area contributed by atoms with Gasteiger partial charge in [0, 0.05) is 0 Å². The lowest BCUT2D eigenvalue weighted by atomic mass is 9.74. The van der Waals surface area contributed by atoms with Gasteiger partial charge in [-0.25, -0.2) is 0 Å². The zero-order valence-corrected chi connectivity index (χ0v) is 12.4. The van der Waals surface area contributed by atoms with Gasteiger partial charge in [-0.05, 0) is 45.2 Å². The SMILES string of the molecule is CCOC(=O)C1(CCCC2CCCC2)CCNCC1. The summed E-state index contributed by atoms with van der Waals surface area (Å²) in [7, 11) is 0. The van der Waals surface area contributed by atoms with Gasteiger partial charge in [0.05, 0.1) is 12.0 Å². The van der Waals surface area contributed by atoms with Crippen molar-refractivity contribution in [1.29, 1.82) is 0 Å². The van der Waals surface area contributed by atoms with Crippen LogP contribution in [0.15, 0.2) is 0 Å². The van der Waals surface area contributed by atoms with Gasteiger partial charge in [0.2, 0.25) is 0 Å². The predicted octanol–water partition coefficient (Wildman–Crippen LogP) is 3.28. The van der Waals surface area contributed by atoms with E-state index in [1.54, 1.807) is 0 Å². The zero-order valence-electron chi connectivity index (χ0n) is 12.4. The summed E-state index contributed by atoms with van der Waals surface area (Å²) < 4.78 is 5.34. The van der Waals surface area contributed by atoms with Crippen LogP contribution >= 0.6 is 0 Å². The van der Waals surface area contributed by atoms with Crippen LogP contribution in [-0.2, 0) is 9.53 Å². The maximum Gasteiger partial charge on any atom is 0.312 e. The van der Waals surface area contributed by atoms with Gasteiger partial charge in [0.1, 0.15) is 0 Å². The molecule has 2 aliphatic rings. The van der Waals surface area contributed by atoms with Crippen molar-refractivity contribution in [2.24, 2.45) is 11.3 Å². The molecule has 0 bridgehead atoms. The van der Waals surface area contributed by atoms with E-state index in [9.17, 15) is 4.79 Å². The average molecular weight is 267 g/mol. The van der Waals surface area contributed by atoms with Crippen LogP contribution in [-0.4, -0.2) is 25.7 Å². The van der Waals surface area contributed by atoms with E-state index in [0.29, 0.717) is 6.61 Å². The van der Waals surface area contributed by atoms with Crippen LogP contribution < -0.4 is 5.32 Å². The number of hydrogen-bond donors (Lipinski definition) is 1. The van der Waals surface area contributed by atoms with Crippen LogP contribution in [0.25, 0.3) is 0 Å². The fraction of sp³-hybridized carbons (Fsp3) is 0.938. The van der Waals surface area contributed by atoms with E-state index in [-0.39, 0.29) is 11.4 Å². The van der Waals surface area contributed by atoms with E-state index in [1.807, 2.05) is 6.92 Å². The second-order valence-corrected chi connectivity index (χ2v) is 6.29. The fourth-order valence-corrected chi connectivity index (χ4v) is 3.77. The van der Waals surface area contributed by atoms with Crippen molar-refractivity contribution in [2.75, 3.05) is 19.7 Å². The molecule has 110 valence electrons. The van der Waals surface area contributed by atoms with Gasteiger partial charge in [-0.2, -0.15) is 0 Å². The topological polar surface area (TPSA) is 38.3 Å². The third-order valence-electron chi connectivity index (χ3n) is 5.01. The Morgan fingerprint density at radius 2 is 1.95 bits per heavy atom. The highest BCUT2D eigenvalue weighted by molar-refractivity contribution is 5.77. The molecule has 0 aromatic carbocycles. The summed E-state index contributed by atoms with van der Waals surface area (Å²) in [5, 5.41) is 3.36. The largest absolute Gasteiger partial charge is 0.466 e. The third kappa shape index (κ3) is 3.95. The molecule has 1 aliphatic carbocycles. The summed E-state index contributed by atoms with van der Waals surface area (Å²) in [5.74, 6) is 0.990. The molecule has 3 nitrogen and oxygen atoms in total. The van der Waals surface area contributed by atoms with E-state index in [2.05, 4.69) is 5.32 Å². The maximum absolute atomic E-state index is 12.3. The molecule has 0 radical (unpaired) electrons. The summed E-state index contributed by atoms with van der Waals surface area (Å²) in [6.45, 7) is 4.34. The van der Waals surface area contributed by atoms with Crippen molar-refractivity contribution in [3.8, 4) is 0 Å². The number of carbonyl (C=O) groups is 1. The summed E-state index contributed by atoms with van der Waals surface area (Å²) in [5.41, 5.74) is -0.181. The number of hydrogen-bond acceptors (Lipinski definition) is 3. The van der Waals surface area contributed by atoms with Gasteiger partial charge in [-0.3, -0.25) is 4.79 Å². The third-order valence-corrected chi connectivity index (χ3v) is 5.01. The lowest BCUT2D eigenvalue weighted by molar-refractivity contribution is -0.157. The Bertz CT molecular complexity index is 278. The van der Waals surface area contributed by atoms with Crippen molar-refractivity contribution in [1.82, 2.24) is 5.32 Å². The Morgan fingerprint density at radius 1 is 1.26 bits per heavy atom. The summed E-state index contributed by atoms with van der Waals surface area (Å²) in [6.07, 6.45) is 11.1. The smallest absolute Gasteiger partial charge is 0.312 e. The summed E-state index contributed by atoms with van der Waals surface area (Å²) in [6, 6.07) is 0. The number of ether oxygens (including phenoxy) is 1. The maximum atomic E-state index is 12.3. The Labute approximate surface area is 117 Å².